The second-order valence-electron chi connectivity index (χ2n) is 5.47. The molecule has 0 bridgehead atoms. The fraction of sp³-hybridized carbons (Fsp3) is 0.625. The van der Waals surface area contributed by atoms with E-state index < -0.39 is 0 Å². The molecule has 1 heterocycles. The molecule has 2 rings (SSSR count). The summed E-state index contributed by atoms with van der Waals surface area (Å²) in [7, 11) is 0. The van der Waals surface area contributed by atoms with Crippen molar-refractivity contribution in [2.45, 2.75) is 19.9 Å². The highest BCUT2D eigenvalue weighted by Gasteiger charge is 2.12. The number of rotatable bonds is 7. The van der Waals surface area contributed by atoms with Gasteiger partial charge in [0.2, 0.25) is 0 Å². The van der Waals surface area contributed by atoms with E-state index in [2.05, 4.69) is 28.9 Å². The molecule has 1 saturated heterocycles. The molecule has 0 atom stereocenters. The van der Waals surface area contributed by atoms with E-state index in [-0.39, 0.29) is 0 Å². The normalized spacial score (nSPS) is 16.7. The Balaban J connectivity index is 1.81. The Hall–Kier alpha value is -1.10. The average molecular weight is 277 g/mol. The van der Waals surface area contributed by atoms with Crippen molar-refractivity contribution in [2.24, 2.45) is 0 Å². The highest BCUT2D eigenvalue weighted by Crippen LogP contribution is 2.09. The lowest BCUT2D eigenvalue weighted by molar-refractivity contribution is 0.0329. The molecule has 1 aliphatic rings. The first kappa shape index (κ1) is 15.3. The van der Waals surface area contributed by atoms with Crippen LogP contribution in [-0.4, -0.2) is 55.7 Å². The van der Waals surface area contributed by atoms with Gasteiger partial charge in [-0.05, 0) is 30.7 Å². The molecule has 0 saturated carbocycles. The number of anilines is 1. The predicted octanol–water partition coefficient (Wildman–Crippen LogP) is 1.81. The number of hydrogen-bond acceptors (Lipinski definition) is 4. The van der Waals surface area contributed by atoms with Gasteiger partial charge in [0.05, 0.1) is 13.2 Å². The van der Waals surface area contributed by atoms with Crippen molar-refractivity contribution in [2.75, 3.05) is 51.7 Å². The van der Waals surface area contributed by atoms with Crippen molar-refractivity contribution in [1.82, 2.24) is 9.80 Å². The molecule has 4 heteroatoms. The summed E-state index contributed by atoms with van der Waals surface area (Å²) in [4.78, 5) is 5.02. The molecule has 0 radical (unpaired) electrons. The minimum atomic E-state index is 0.837. The molecule has 0 spiro atoms. The van der Waals surface area contributed by atoms with Gasteiger partial charge >= 0.3 is 0 Å². The monoisotopic (exact) mass is 277 g/mol. The first-order valence-electron chi connectivity index (χ1n) is 7.65. The second-order valence-corrected chi connectivity index (χ2v) is 5.47. The van der Waals surface area contributed by atoms with E-state index in [1.54, 1.807) is 0 Å². The van der Waals surface area contributed by atoms with Crippen LogP contribution < -0.4 is 5.73 Å². The Kier molecular flexibility index (Phi) is 6.30. The first-order valence-corrected chi connectivity index (χ1v) is 7.65. The Labute approximate surface area is 122 Å². The Bertz CT molecular complexity index is 374. The molecule has 2 N–H and O–H groups in total. The van der Waals surface area contributed by atoms with Gasteiger partial charge in [-0.2, -0.15) is 0 Å². The molecule has 112 valence electrons. The molecular weight excluding hydrogens is 250 g/mol. The van der Waals surface area contributed by atoms with Gasteiger partial charge in [-0.15, -0.1) is 0 Å². The maximum absolute atomic E-state index is 5.74. The van der Waals surface area contributed by atoms with Crippen molar-refractivity contribution in [3.8, 4) is 0 Å². The lowest BCUT2D eigenvalue weighted by Crippen LogP contribution is -2.41. The number of benzene rings is 1. The van der Waals surface area contributed by atoms with Gasteiger partial charge in [0.1, 0.15) is 0 Å². The summed E-state index contributed by atoms with van der Waals surface area (Å²) in [6, 6.07) is 8.24. The van der Waals surface area contributed by atoms with Crippen LogP contribution in [0.4, 0.5) is 5.69 Å². The molecular formula is C16H27N3O. The first-order chi connectivity index (χ1) is 9.78. The van der Waals surface area contributed by atoms with E-state index in [0.717, 1.165) is 58.2 Å². The van der Waals surface area contributed by atoms with Crippen LogP contribution in [0.1, 0.15) is 18.9 Å². The standard InChI is InChI=1S/C16H27N3O/c1-2-7-19(9-8-18-10-12-20-13-11-18)14-15-3-5-16(17)6-4-15/h3-6H,2,7-14,17H2,1H3. The Morgan fingerprint density at radius 1 is 1.15 bits per heavy atom. The van der Waals surface area contributed by atoms with Gasteiger partial charge in [0.15, 0.2) is 0 Å². The van der Waals surface area contributed by atoms with E-state index >= 15 is 0 Å². The summed E-state index contributed by atoms with van der Waals surface area (Å²) >= 11 is 0. The van der Waals surface area contributed by atoms with Gasteiger partial charge in [0.25, 0.3) is 0 Å². The van der Waals surface area contributed by atoms with Crippen molar-refractivity contribution in [3.63, 3.8) is 0 Å². The van der Waals surface area contributed by atoms with Crippen LogP contribution in [0.5, 0.6) is 0 Å². The third-order valence-corrected chi connectivity index (χ3v) is 3.76. The highest BCUT2D eigenvalue weighted by atomic mass is 16.5. The number of ether oxygens (including phenoxy) is 1. The quantitative estimate of drug-likeness (QED) is 0.772. The number of nitrogens with zero attached hydrogens (tertiary/aromatic N) is 2. The summed E-state index contributed by atoms with van der Waals surface area (Å²) in [5, 5.41) is 0. The van der Waals surface area contributed by atoms with Gasteiger partial charge in [-0.25, -0.2) is 0 Å². The number of nitrogens with two attached hydrogens (primary N) is 1. The zero-order valence-corrected chi connectivity index (χ0v) is 12.6. The summed E-state index contributed by atoms with van der Waals surface area (Å²) in [5.41, 5.74) is 7.92. The van der Waals surface area contributed by atoms with E-state index in [0.29, 0.717) is 0 Å². The van der Waals surface area contributed by atoms with E-state index in [4.69, 9.17) is 10.5 Å². The minimum Gasteiger partial charge on any atom is -0.399 e. The summed E-state index contributed by atoms with van der Waals surface area (Å²) in [6.45, 7) is 10.6. The molecule has 1 aromatic carbocycles. The molecule has 1 aliphatic heterocycles. The van der Waals surface area contributed by atoms with Crippen molar-refractivity contribution in [3.05, 3.63) is 29.8 Å². The predicted molar refractivity (Wildman–Crippen MR) is 83.7 cm³/mol. The average Bonchev–Trinajstić information content (AvgIpc) is 2.48. The maximum atomic E-state index is 5.74. The van der Waals surface area contributed by atoms with Crippen LogP contribution in [0.15, 0.2) is 24.3 Å². The van der Waals surface area contributed by atoms with Gasteiger partial charge in [0, 0.05) is 38.4 Å². The SMILES string of the molecule is CCCN(CCN1CCOCC1)Cc1ccc(N)cc1. The molecule has 0 aromatic heterocycles. The number of hydrogen-bond donors (Lipinski definition) is 1. The molecule has 4 nitrogen and oxygen atoms in total. The third-order valence-electron chi connectivity index (χ3n) is 3.76. The second kappa shape index (κ2) is 8.25. The van der Waals surface area contributed by atoms with Gasteiger partial charge < -0.3 is 10.5 Å². The zero-order chi connectivity index (χ0) is 14.2. The molecule has 0 unspecified atom stereocenters. The van der Waals surface area contributed by atoms with Crippen molar-refractivity contribution in [1.29, 1.82) is 0 Å². The highest BCUT2D eigenvalue weighted by molar-refractivity contribution is 5.39. The van der Waals surface area contributed by atoms with Crippen LogP contribution in [0.3, 0.4) is 0 Å². The van der Waals surface area contributed by atoms with Crippen molar-refractivity contribution >= 4 is 5.69 Å². The number of morpholine rings is 1. The largest absolute Gasteiger partial charge is 0.399 e. The van der Waals surface area contributed by atoms with Crippen LogP contribution in [0.25, 0.3) is 0 Å². The Morgan fingerprint density at radius 2 is 1.85 bits per heavy atom. The smallest absolute Gasteiger partial charge is 0.0594 e. The summed E-state index contributed by atoms with van der Waals surface area (Å²) in [5.74, 6) is 0. The van der Waals surface area contributed by atoms with Crippen LogP contribution in [0, 0.1) is 0 Å². The lowest BCUT2D eigenvalue weighted by atomic mass is 10.2. The third kappa shape index (κ3) is 5.12. The number of nitrogen functional groups attached to an aromatic ring is 1. The van der Waals surface area contributed by atoms with Gasteiger partial charge in [-0.1, -0.05) is 19.1 Å². The van der Waals surface area contributed by atoms with Crippen LogP contribution >= 0.6 is 0 Å². The summed E-state index contributed by atoms with van der Waals surface area (Å²) in [6.07, 6.45) is 1.19. The fourth-order valence-corrected chi connectivity index (χ4v) is 2.58. The maximum Gasteiger partial charge on any atom is 0.0594 e. The summed E-state index contributed by atoms with van der Waals surface area (Å²) < 4.78 is 5.39. The molecule has 1 aromatic rings. The van der Waals surface area contributed by atoms with E-state index in [1.807, 2.05) is 12.1 Å². The lowest BCUT2D eigenvalue weighted by Gasteiger charge is -2.30. The molecule has 1 fully saturated rings. The fourth-order valence-electron chi connectivity index (χ4n) is 2.58. The topological polar surface area (TPSA) is 41.7 Å². The van der Waals surface area contributed by atoms with E-state index in [9.17, 15) is 0 Å². The molecule has 20 heavy (non-hydrogen) atoms. The Morgan fingerprint density at radius 3 is 2.50 bits per heavy atom. The van der Waals surface area contributed by atoms with Gasteiger partial charge in [-0.3, -0.25) is 9.80 Å². The van der Waals surface area contributed by atoms with Crippen molar-refractivity contribution < 1.29 is 4.74 Å². The van der Waals surface area contributed by atoms with Crippen LogP contribution in [0.2, 0.25) is 0 Å². The zero-order valence-electron chi connectivity index (χ0n) is 12.6. The molecule has 0 aliphatic carbocycles. The van der Waals surface area contributed by atoms with Crippen LogP contribution in [-0.2, 0) is 11.3 Å². The minimum absolute atomic E-state index is 0.837. The molecule has 0 amide bonds. The van der Waals surface area contributed by atoms with E-state index in [1.165, 1.54) is 12.0 Å².